The van der Waals surface area contributed by atoms with Crippen molar-refractivity contribution < 1.29 is 0 Å². The second-order valence-electron chi connectivity index (χ2n) is 20.1. The second-order valence-corrected chi connectivity index (χ2v) is 20.1. The number of benzene rings is 11. The van der Waals surface area contributed by atoms with Gasteiger partial charge in [-0.3, -0.25) is 0 Å². The van der Waals surface area contributed by atoms with Gasteiger partial charge in [0.05, 0.1) is 33.1 Å². The van der Waals surface area contributed by atoms with Crippen LogP contribution in [0, 0.1) is 0 Å². The molecule has 0 atom stereocenters. The van der Waals surface area contributed by atoms with Crippen molar-refractivity contribution in [3.63, 3.8) is 0 Å². The van der Waals surface area contributed by atoms with E-state index in [1.807, 2.05) is 0 Å². The van der Waals surface area contributed by atoms with Crippen LogP contribution in [0.1, 0.15) is 36.8 Å². The minimum Gasteiger partial charge on any atom is -0.308 e. The Morgan fingerprint density at radius 3 is 1.28 bits per heavy atom. The minimum absolute atomic E-state index is 0.00557. The van der Waals surface area contributed by atoms with Crippen LogP contribution in [-0.4, -0.2) is 8.80 Å². The lowest BCUT2D eigenvalue weighted by atomic mass is 9.73. The summed E-state index contributed by atoms with van der Waals surface area (Å²) < 4.78 is 5.04. The molecule has 0 radical (unpaired) electrons. The van der Waals surface area contributed by atoms with E-state index in [1.165, 1.54) is 179 Å². The molecule has 4 aromatic heterocycles. The SMILES string of the molecule is c1ccc2c(c1)-c1cccc(-c3c4cccc(-c5ccc6c7ccccc7n7c8ccccc8c5c67)c4cc4c(-c5ccc6c7ccccc7n7c8ccccc8c5c67)cccc34)c1C21CCCC1. The number of para-hydroxylation sites is 4. The zero-order valence-corrected chi connectivity index (χ0v) is 37.9. The molecule has 2 aliphatic rings. The number of aromatic nitrogens is 2. The maximum Gasteiger partial charge on any atom is 0.0626 e. The van der Waals surface area contributed by atoms with Crippen LogP contribution in [0.2, 0.25) is 0 Å². The fourth-order valence-electron chi connectivity index (χ4n) is 14.6. The van der Waals surface area contributed by atoms with Gasteiger partial charge in [-0.05, 0) is 120 Å². The number of nitrogens with zero attached hydrogens (tertiary/aromatic N) is 2. The molecule has 0 saturated heterocycles. The van der Waals surface area contributed by atoms with Crippen molar-refractivity contribution in [1.29, 1.82) is 0 Å². The van der Waals surface area contributed by atoms with Crippen molar-refractivity contribution in [3.8, 4) is 44.5 Å². The summed E-state index contributed by atoms with van der Waals surface area (Å²) in [7, 11) is 0. The van der Waals surface area contributed by atoms with Gasteiger partial charge in [0.1, 0.15) is 0 Å². The molecule has 0 bridgehead atoms. The van der Waals surface area contributed by atoms with E-state index in [0.29, 0.717) is 0 Å². The van der Waals surface area contributed by atoms with Gasteiger partial charge in [-0.25, -0.2) is 0 Å². The summed E-state index contributed by atoms with van der Waals surface area (Å²) >= 11 is 0. The summed E-state index contributed by atoms with van der Waals surface area (Å²) in [4.78, 5) is 0. The van der Waals surface area contributed by atoms with Crippen LogP contribution in [0.25, 0.3) is 142 Å². The van der Waals surface area contributed by atoms with Crippen LogP contribution < -0.4 is 0 Å². The van der Waals surface area contributed by atoms with Gasteiger partial charge in [0.2, 0.25) is 0 Å². The Balaban J connectivity index is 1.04. The van der Waals surface area contributed by atoms with Gasteiger partial charge in [0.25, 0.3) is 0 Å². The zero-order valence-electron chi connectivity index (χ0n) is 37.9. The smallest absolute Gasteiger partial charge is 0.0626 e. The lowest BCUT2D eigenvalue weighted by Crippen LogP contribution is -2.21. The van der Waals surface area contributed by atoms with Gasteiger partial charge in [-0.2, -0.15) is 0 Å². The third kappa shape index (κ3) is 4.41. The largest absolute Gasteiger partial charge is 0.308 e. The molecule has 0 unspecified atom stereocenters. The Labute approximate surface area is 397 Å². The lowest BCUT2D eigenvalue weighted by Gasteiger charge is -2.30. The molecule has 4 heterocycles. The van der Waals surface area contributed by atoms with Crippen LogP contribution in [0.4, 0.5) is 0 Å². The molecular weight excluding hydrogens is 833 g/mol. The maximum atomic E-state index is 2.57. The van der Waals surface area contributed by atoms with Crippen molar-refractivity contribution in [3.05, 3.63) is 217 Å². The Morgan fingerprint density at radius 2 is 0.710 bits per heavy atom. The average Bonchev–Trinajstić information content (AvgIpc) is 4.27. The van der Waals surface area contributed by atoms with Crippen LogP contribution in [0.15, 0.2) is 206 Å². The number of rotatable bonds is 3. The van der Waals surface area contributed by atoms with E-state index in [4.69, 9.17) is 0 Å². The molecule has 1 spiro atoms. The van der Waals surface area contributed by atoms with Crippen LogP contribution in [0.3, 0.4) is 0 Å². The summed E-state index contributed by atoms with van der Waals surface area (Å²) in [5, 5.41) is 15.6. The highest BCUT2D eigenvalue weighted by Crippen LogP contribution is 2.61. The van der Waals surface area contributed by atoms with E-state index in [-0.39, 0.29) is 5.41 Å². The van der Waals surface area contributed by atoms with Gasteiger partial charge in [0.15, 0.2) is 0 Å². The van der Waals surface area contributed by atoms with Crippen molar-refractivity contribution >= 4 is 97.7 Å². The highest BCUT2D eigenvalue weighted by molar-refractivity contribution is 6.31. The fourth-order valence-corrected chi connectivity index (χ4v) is 14.6. The second kappa shape index (κ2) is 12.9. The van der Waals surface area contributed by atoms with Gasteiger partial charge in [-0.15, -0.1) is 0 Å². The molecule has 69 heavy (non-hydrogen) atoms. The van der Waals surface area contributed by atoms with Crippen molar-refractivity contribution in [2.45, 2.75) is 31.1 Å². The summed E-state index contributed by atoms with van der Waals surface area (Å²) in [6, 6.07) is 79.0. The number of hydrogen-bond donors (Lipinski definition) is 0. The molecule has 0 N–H and O–H groups in total. The number of fused-ring (bicyclic) bond motifs is 19. The third-order valence-electron chi connectivity index (χ3n) is 17.1. The normalized spacial score (nSPS) is 14.6. The molecule has 1 fully saturated rings. The third-order valence-corrected chi connectivity index (χ3v) is 17.1. The van der Waals surface area contributed by atoms with Crippen LogP contribution in [-0.2, 0) is 5.41 Å². The Bertz CT molecular complexity index is 4480. The molecule has 17 rings (SSSR count). The molecular formula is C67H42N2. The topological polar surface area (TPSA) is 8.82 Å². The van der Waals surface area contributed by atoms with Crippen molar-refractivity contribution in [2.24, 2.45) is 0 Å². The fraction of sp³-hybridized carbons (Fsp3) is 0.0746. The quantitative estimate of drug-likeness (QED) is 0.156. The van der Waals surface area contributed by atoms with Gasteiger partial charge in [0, 0.05) is 48.5 Å². The molecule has 15 aromatic rings. The average molecular weight is 875 g/mol. The molecule has 320 valence electrons. The van der Waals surface area contributed by atoms with Crippen LogP contribution >= 0.6 is 0 Å². The monoisotopic (exact) mass is 874 g/mol. The van der Waals surface area contributed by atoms with Crippen molar-refractivity contribution in [1.82, 2.24) is 8.80 Å². The van der Waals surface area contributed by atoms with E-state index in [2.05, 4.69) is 215 Å². The summed E-state index contributed by atoms with van der Waals surface area (Å²) in [6.45, 7) is 0. The minimum atomic E-state index is -0.00557. The van der Waals surface area contributed by atoms with E-state index >= 15 is 0 Å². The zero-order chi connectivity index (χ0) is 44.7. The molecule has 2 nitrogen and oxygen atoms in total. The summed E-state index contributed by atoms with van der Waals surface area (Å²) in [6.07, 6.45) is 4.86. The first-order valence-corrected chi connectivity index (χ1v) is 24.8. The summed E-state index contributed by atoms with van der Waals surface area (Å²) in [5.74, 6) is 0. The standard InChI is InChI=1S/C67H42N2/c1-6-27-56-41(16-1)48-25-15-26-53(64(48)67(56)36-11-12-37-67)61-44-23-13-21-39(46-32-34-49-42-17-2-7-28-57(42)68-59-30-9-4-19-51(59)62(46)65(49)68)54(44)38-55-40(22-14-24-45(55)61)47-33-35-50-43-18-3-8-29-58(43)69-60-31-10-5-20-52(60)63(47)66(50)69/h1-10,13-35,38H,11-12,36-37H2. The van der Waals surface area contributed by atoms with E-state index in [0.717, 1.165) is 0 Å². The summed E-state index contributed by atoms with van der Waals surface area (Å²) in [5.41, 5.74) is 21.4. The molecule has 0 aliphatic heterocycles. The Hall–Kier alpha value is -8.46. The lowest BCUT2D eigenvalue weighted by molar-refractivity contribution is 0.551. The highest BCUT2D eigenvalue weighted by atomic mass is 14.9. The van der Waals surface area contributed by atoms with E-state index < -0.39 is 0 Å². The van der Waals surface area contributed by atoms with E-state index in [9.17, 15) is 0 Å². The first kappa shape index (κ1) is 36.6. The molecule has 2 heteroatoms. The number of hydrogen-bond acceptors (Lipinski definition) is 0. The molecule has 1 saturated carbocycles. The Morgan fingerprint density at radius 1 is 0.290 bits per heavy atom. The molecule has 0 amide bonds. The van der Waals surface area contributed by atoms with Crippen molar-refractivity contribution in [2.75, 3.05) is 0 Å². The first-order valence-electron chi connectivity index (χ1n) is 24.8. The maximum absolute atomic E-state index is 2.57. The van der Waals surface area contributed by atoms with Gasteiger partial charge in [-0.1, -0.05) is 189 Å². The predicted octanol–water partition coefficient (Wildman–Crippen LogP) is 18.1. The van der Waals surface area contributed by atoms with E-state index in [1.54, 1.807) is 0 Å². The molecule has 11 aromatic carbocycles. The predicted molar refractivity (Wildman–Crippen MR) is 292 cm³/mol. The first-order chi connectivity index (χ1) is 34.3. The molecule has 2 aliphatic carbocycles. The highest BCUT2D eigenvalue weighted by Gasteiger charge is 2.46. The van der Waals surface area contributed by atoms with Gasteiger partial charge < -0.3 is 8.80 Å². The van der Waals surface area contributed by atoms with Crippen LogP contribution in [0.5, 0.6) is 0 Å². The Kier molecular flexibility index (Phi) is 6.87. The van der Waals surface area contributed by atoms with Gasteiger partial charge >= 0.3 is 0 Å².